The van der Waals surface area contributed by atoms with Crippen LogP contribution < -0.4 is 15.5 Å². The summed E-state index contributed by atoms with van der Waals surface area (Å²) in [7, 11) is 4.02. The van der Waals surface area contributed by atoms with Crippen LogP contribution in [0.5, 0.6) is 0 Å². The summed E-state index contributed by atoms with van der Waals surface area (Å²) in [4.78, 5) is 11.4. The molecule has 0 bridgehead atoms. The topological polar surface area (TPSA) is 52.6 Å². The first-order chi connectivity index (χ1) is 11.2. The number of hydrogen-bond acceptors (Lipinski definition) is 3. The molecule has 0 amide bonds. The molecule has 1 aromatic heterocycles. The average molecular weight is 313 g/mol. The van der Waals surface area contributed by atoms with Crippen LogP contribution in [0.2, 0.25) is 0 Å². The summed E-state index contributed by atoms with van der Waals surface area (Å²) in [5.41, 5.74) is 2.20. The molecular weight excluding hydrogens is 286 g/mol. The Labute approximate surface area is 138 Å². The number of fused-ring (bicyclic) bond motifs is 1. The second kappa shape index (κ2) is 8.36. The molecule has 0 unspecified atom stereocenters. The van der Waals surface area contributed by atoms with Gasteiger partial charge in [-0.2, -0.15) is 0 Å². The molecule has 1 heterocycles. The van der Waals surface area contributed by atoms with Crippen LogP contribution in [-0.4, -0.2) is 38.1 Å². The zero-order valence-electron chi connectivity index (χ0n) is 14.6. The van der Waals surface area contributed by atoms with Gasteiger partial charge in [0, 0.05) is 32.6 Å². The molecule has 1 aromatic carbocycles. The van der Waals surface area contributed by atoms with Crippen molar-refractivity contribution in [3.63, 3.8) is 0 Å². The Hall–Kier alpha value is -2.30. The van der Waals surface area contributed by atoms with Gasteiger partial charge < -0.3 is 15.5 Å². The van der Waals surface area contributed by atoms with Gasteiger partial charge in [0.1, 0.15) is 5.82 Å². The van der Waals surface area contributed by atoms with Crippen LogP contribution in [0.15, 0.2) is 35.3 Å². The Morgan fingerprint density at radius 3 is 2.65 bits per heavy atom. The molecule has 0 saturated heterocycles. The van der Waals surface area contributed by atoms with Gasteiger partial charge in [0.15, 0.2) is 5.96 Å². The Kier molecular flexibility index (Phi) is 6.20. The second-order valence-electron chi connectivity index (χ2n) is 5.67. The van der Waals surface area contributed by atoms with Crippen molar-refractivity contribution in [3.8, 4) is 0 Å². The van der Waals surface area contributed by atoms with E-state index in [4.69, 9.17) is 9.98 Å². The predicted molar refractivity (Wildman–Crippen MR) is 99.2 cm³/mol. The molecular formula is C18H27N5. The maximum absolute atomic E-state index is 4.72. The number of nitrogens with one attached hydrogen (secondary N) is 2. The van der Waals surface area contributed by atoms with Crippen LogP contribution in [0.3, 0.4) is 0 Å². The van der Waals surface area contributed by atoms with Crippen molar-refractivity contribution in [3.05, 3.63) is 35.9 Å². The van der Waals surface area contributed by atoms with Gasteiger partial charge in [-0.1, -0.05) is 25.1 Å². The summed E-state index contributed by atoms with van der Waals surface area (Å²) < 4.78 is 0. The van der Waals surface area contributed by atoms with E-state index in [1.165, 1.54) is 5.56 Å². The number of nitrogens with zero attached hydrogens (tertiary/aromatic N) is 3. The summed E-state index contributed by atoms with van der Waals surface area (Å²) in [6.45, 7) is 6.63. The highest BCUT2D eigenvalue weighted by molar-refractivity contribution is 5.85. The highest BCUT2D eigenvalue weighted by Gasteiger charge is 2.07. The summed E-state index contributed by atoms with van der Waals surface area (Å²) in [6.07, 6.45) is 1.08. The fourth-order valence-corrected chi connectivity index (χ4v) is 2.34. The van der Waals surface area contributed by atoms with E-state index in [0.717, 1.165) is 42.2 Å². The third kappa shape index (κ3) is 4.58. The molecule has 0 atom stereocenters. The van der Waals surface area contributed by atoms with E-state index in [2.05, 4.69) is 42.7 Å². The molecule has 0 aliphatic carbocycles. The minimum Gasteiger partial charge on any atom is -0.363 e. The van der Waals surface area contributed by atoms with E-state index in [1.54, 1.807) is 0 Å². The van der Waals surface area contributed by atoms with E-state index in [-0.39, 0.29) is 0 Å². The van der Waals surface area contributed by atoms with Crippen LogP contribution in [-0.2, 0) is 6.54 Å². The second-order valence-corrected chi connectivity index (χ2v) is 5.67. The average Bonchev–Trinajstić information content (AvgIpc) is 2.56. The Balaban J connectivity index is 2.33. The van der Waals surface area contributed by atoms with E-state index in [0.29, 0.717) is 6.54 Å². The van der Waals surface area contributed by atoms with Gasteiger partial charge in [0.25, 0.3) is 0 Å². The van der Waals surface area contributed by atoms with Gasteiger partial charge in [0.05, 0.1) is 12.1 Å². The van der Waals surface area contributed by atoms with Crippen molar-refractivity contribution in [2.24, 2.45) is 4.99 Å². The van der Waals surface area contributed by atoms with Gasteiger partial charge in [0.2, 0.25) is 0 Å². The van der Waals surface area contributed by atoms with Crippen LogP contribution in [0.25, 0.3) is 10.9 Å². The lowest BCUT2D eigenvalue weighted by atomic mass is 10.1. The molecule has 2 aromatic rings. The standard InChI is InChI=1S/C18H27N5/c1-5-11-20-18(19-6-2)21-13-14-12-17(23(3)4)22-16-10-8-7-9-15(14)16/h7-10,12H,5-6,11,13H2,1-4H3,(H2,19,20,21). The van der Waals surface area contributed by atoms with Crippen LogP contribution in [0.4, 0.5) is 5.82 Å². The van der Waals surface area contributed by atoms with E-state index >= 15 is 0 Å². The number of hydrogen-bond donors (Lipinski definition) is 2. The van der Waals surface area contributed by atoms with Crippen molar-refractivity contribution >= 4 is 22.7 Å². The summed E-state index contributed by atoms with van der Waals surface area (Å²) in [5.74, 6) is 1.82. The number of benzene rings is 1. The van der Waals surface area contributed by atoms with E-state index in [1.807, 2.05) is 31.1 Å². The fraction of sp³-hybridized carbons (Fsp3) is 0.444. The zero-order chi connectivity index (χ0) is 16.7. The third-order valence-electron chi connectivity index (χ3n) is 3.54. The molecule has 0 fully saturated rings. The van der Waals surface area contributed by atoms with Gasteiger partial charge in [-0.3, -0.25) is 0 Å². The highest BCUT2D eigenvalue weighted by atomic mass is 15.2. The molecule has 5 heteroatoms. The number of aliphatic imine (C=N–C) groups is 1. The molecule has 0 aliphatic heterocycles. The molecule has 0 aliphatic rings. The largest absolute Gasteiger partial charge is 0.363 e. The minimum absolute atomic E-state index is 0.628. The van der Waals surface area contributed by atoms with Crippen molar-refractivity contribution in [2.75, 3.05) is 32.1 Å². The minimum atomic E-state index is 0.628. The van der Waals surface area contributed by atoms with Crippen LogP contribution in [0.1, 0.15) is 25.8 Å². The fourth-order valence-electron chi connectivity index (χ4n) is 2.34. The Morgan fingerprint density at radius 2 is 1.96 bits per heavy atom. The number of rotatable bonds is 6. The van der Waals surface area contributed by atoms with Gasteiger partial charge in [-0.15, -0.1) is 0 Å². The van der Waals surface area contributed by atoms with Crippen molar-refractivity contribution < 1.29 is 0 Å². The lowest BCUT2D eigenvalue weighted by Crippen LogP contribution is -2.37. The van der Waals surface area contributed by atoms with Gasteiger partial charge in [-0.05, 0) is 31.0 Å². The highest BCUT2D eigenvalue weighted by Crippen LogP contribution is 2.22. The van der Waals surface area contributed by atoms with Crippen molar-refractivity contribution in [1.29, 1.82) is 0 Å². The zero-order valence-corrected chi connectivity index (χ0v) is 14.6. The molecule has 124 valence electrons. The Morgan fingerprint density at radius 1 is 1.17 bits per heavy atom. The normalized spacial score (nSPS) is 11.6. The number of aromatic nitrogens is 1. The molecule has 0 saturated carbocycles. The van der Waals surface area contributed by atoms with Gasteiger partial charge in [-0.25, -0.2) is 9.98 Å². The first-order valence-corrected chi connectivity index (χ1v) is 8.23. The molecule has 2 rings (SSSR count). The quantitative estimate of drug-likeness (QED) is 0.636. The first-order valence-electron chi connectivity index (χ1n) is 8.23. The Bertz CT molecular complexity index is 664. The maximum atomic E-state index is 4.72. The van der Waals surface area contributed by atoms with Crippen molar-refractivity contribution in [2.45, 2.75) is 26.8 Å². The lowest BCUT2D eigenvalue weighted by molar-refractivity contribution is 0.785. The first kappa shape index (κ1) is 17.1. The molecule has 23 heavy (non-hydrogen) atoms. The van der Waals surface area contributed by atoms with Gasteiger partial charge >= 0.3 is 0 Å². The van der Waals surface area contributed by atoms with Crippen molar-refractivity contribution in [1.82, 2.24) is 15.6 Å². The van der Waals surface area contributed by atoms with Crippen LogP contribution >= 0.6 is 0 Å². The monoisotopic (exact) mass is 313 g/mol. The molecule has 2 N–H and O–H groups in total. The number of anilines is 1. The molecule has 5 nitrogen and oxygen atoms in total. The lowest BCUT2D eigenvalue weighted by Gasteiger charge is -2.15. The molecule has 0 radical (unpaired) electrons. The van der Waals surface area contributed by atoms with Crippen LogP contribution in [0, 0.1) is 0 Å². The van der Waals surface area contributed by atoms with E-state index in [9.17, 15) is 0 Å². The summed E-state index contributed by atoms with van der Waals surface area (Å²) in [5, 5.41) is 7.79. The predicted octanol–water partition coefficient (Wildman–Crippen LogP) is 2.77. The SMILES string of the molecule is CCCNC(=NCc1cc(N(C)C)nc2ccccc12)NCC. The maximum Gasteiger partial charge on any atom is 0.191 e. The molecule has 0 spiro atoms. The smallest absolute Gasteiger partial charge is 0.191 e. The number of pyridine rings is 1. The third-order valence-corrected chi connectivity index (χ3v) is 3.54. The number of guanidine groups is 1. The van der Waals surface area contributed by atoms with E-state index < -0.39 is 0 Å². The number of para-hydroxylation sites is 1. The summed E-state index contributed by atoms with van der Waals surface area (Å²) >= 11 is 0. The summed E-state index contributed by atoms with van der Waals surface area (Å²) in [6, 6.07) is 10.4.